The molecule has 0 saturated heterocycles. The molecule has 0 aliphatic heterocycles. The van der Waals surface area contributed by atoms with Gasteiger partial charge < -0.3 is 5.32 Å². The van der Waals surface area contributed by atoms with Crippen molar-refractivity contribution in [2.75, 3.05) is 5.32 Å². The number of amides is 1. The summed E-state index contributed by atoms with van der Waals surface area (Å²) < 4.78 is 0. The summed E-state index contributed by atoms with van der Waals surface area (Å²) >= 11 is 9.39. The van der Waals surface area contributed by atoms with Crippen molar-refractivity contribution < 1.29 is 4.79 Å². The van der Waals surface area contributed by atoms with Gasteiger partial charge in [-0.2, -0.15) is 0 Å². The minimum absolute atomic E-state index is 0.141. The van der Waals surface area contributed by atoms with Crippen molar-refractivity contribution in [3.05, 3.63) is 74.7 Å². The summed E-state index contributed by atoms with van der Waals surface area (Å²) in [6.07, 6.45) is 0. The van der Waals surface area contributed by atoms with E-state index < -0.39 is 0 Å². The predicted octanol–water partition coefficient (Wildman–Crippen LogP) is 5.96. The van der Waals surface area contributed by atoms with Crippen LogP contribution < -0.4 is 5.32 Å². The fraction of sp³-hybridized carbons (Fsp3) is 0.158. The molecule has 3 aromatic rings. The minimum atomic E-state index is -0.141. The monoisotopic (exact) mass is 388 g/mol. The van der Waals surface area contributed by atoms with Gasteiger partial charge in [0.05, 0.1) is 16.3 Å². The average molecular weight is 389 g/mol. The lowest BCUT2D eigenvalue weighted by Gasteiger charge is -2.10. The zero-order chi connectivity index (χ0) is 17.8. The molecular formula is C19H17ClN2OS2. The number of aromatic nitrogens is 1. The predicted molar refractivity (Wildman–Crippen MR) is 107 cm³/mol. The number of carbonyl (C=O) groups is 1. The number of nitrogens with zero attached hydrogens (tertiary/aromatic N) is 1. The Balaban J connectivity index is 1.74. The van der Waals surface area contributed by atoms with Crippen LogP contribution >= 0.6 is 34.7 Å². The van der Waals surface area contributed by atoms with E-state index in [9.17, 15) is 4.79 Å². The van der Waals surface area contributed by atoms with Crippen LogP contribution in [0.1, 0.15) is 26.6 Å². The van der Waals surface area contributed by atoms with Crippen LogP contribution in [-0.4, -0.2) is 10.9 Å². The SMILES string of the molecule is Cc1nc(CSc2ccccc2C(=O)Nc2ccc(C)c(Cl)c2)cs1. The van der Waals surface area contributed by atoms with Gasteiger partial charge in [0.25, 0.3) is 5.91 Å². The first-order valence-electron chi connectivity index (χ1n) is 7.73. The molecule has 1 amide bonds. The number of hydrogen-bond donors (Lipinski definition) is 1. The molecule has 1 N–H and O–H groups in total. The summed E-state index contributed by atoms with van der Waals surface area (Å²) in [5.74, 6) is 0.600. The quantitative estimate of drug-likeness (QED) is 0.548. The van der Waals surface area contributed by atoms with Crippen molar-refractivity contribution in [3.8, 4) is 0 Å². The van der Waals surface area contributed by atoms with E-state index in [1.807, 2.05) is 50.2 Å². The molecule has 0 aliphatic rings. The van der Waals surface area contributed by atoms with Crippen LogP contribution in [0.3, 0.4) is 0 Å². The van der Waals surface area contributed by atoms with Gasteiger partial charge in [0.15, 0.2) is 0 Å². The lowest BCUT2D eigenvalue weighted by Crippen LogP contribution is -2.13. The van der Waals surface area contributed by atoms with Crippen molar-refractivity contribution >= 4 is 46.3 Å². The normalized spacial score (nSPS) is 10.7. The standard InChI is InChI=1S/C19H17ClN2OS2/c1-12-7-8-14(9-17(12)20)22-19(23)16-5-3-4-6-18(16)25-11-15-10-24-13(2)21-15/h3-10H,11H2,1-2H3,(H,22,23). The highest BCUT2D eigenvalue weighted by Crippen LogP contribution is 2.28. The second kappa shape index (κ2) is 8.04. The van der Waals surface area contributed by atoms with Gasteiger partial charge >= 0.3 is 0 Å². The Kier molecular flexibility index (Phi) is 5.78. The van der Waals surface area contributed by atoms with Gasteiger partial charge in [-0.3, -0.25) is 4.79 Å². The van der Waals surface area contributed by atoms with Crippen LogP contribution in [0.15, 0.2) is 52.7 Å². The Bertz CT molecular complexity index is 908. The van der Waals surface area contributed by atoms with Gasteiger partial charge in [0.1, 0.15) is 0 Å². The van der Waals surface area contributed by atoms with E-state index in [1.165, 1.54) is 0 Å². The van der Waals surface area contributed by atoms with Crippen molar-refractivity contribution in [2.24, 2.45) is 0 Å². The van der Waals surface area contributed by atoms with E-state index in [0.29, 0.717) is 16.3 Å². The number of thiazole rings is 1. The first-order chi connectivity index (χ1) is 12.0. The van der Waals surface area contributed by atoms with E-state index >= 15 is 0 Å². The van der Waals surface area contributed by atoms with Gasteiger partial charge in [-0.1, -0.05) is 29.8 Å². The third-order valence-corrected chi connectivity index (χ3v) is 5.94. The Hall–Kier alpha value is -1.82. The first kappa shape index (κ1) is 18.0. The second-order valence-electron chi connectivity index (χ2n) is 5.56. The number of benzene rings is 2. The highest BCUT2D eigenvalue weighted by molar-refractivity contribution is 7.98. The Morgan fingerprint density at radius 3 is 2.76 bits per heavy atom. The van der Waals surface area contributed by atoms with Crippen molar-refractivity contribution in [3.63, 3.8) is 0 Å². The van der Waals surface area contributed by atoms with Crippen LogP contribution in [0.5, 0.6) is 0 Å². The van der Waals surface area contributed by atoms with Gasteiger partial charge in [-0.15, -0.1) is 23.1 Å². The molecule has 1 aromatic heterocycles. The van der Waals surface area contributed by atoms with E-state index in [4.69, 9.17) is 11.6 Å². The van der Waals surface area contributed by atoms with Crippen LogP contribution in [0.25, 0.3) is 0 Å². The number of halogens is 1. The molecule has 0 fully saturated rings. The van der Waals surface area contributed by atoms with Gasteiger partial charge in [-0.25, -0.2) is 4.98 Å². The van der Waals surface area contributed by atoms with E-state index in [2.05, 4.69) is 15.7 Å². The number of hydrogen-bond acceptors (Lipinski definition) is 4. The van der Waals surface area contributed by atoms with Gasteiger partial charge in [0.2, 0.25) is 0 Å². The molecule has 3 nitrogen and oxygen atoms in total. The second-order valence-corrected chi connectivity index (χ2v) is 8.05. The minimum Gasteiger partial charge on any atom is -0.322 e. The molecule has 0 spiro atoms. The maximum Gasteiger partial charge on any atom is 0.256 e. The number of carbonyl (C=O) groups excluding carboxylic acids is 1. The number of thioether (sulfide) groups is 1. The van der Waals surface area contributed by atoms with Crippen molar-refractivity contribution in [1.29, 1.82) is 0 Å². The highest BCUT2D eigenvalue weighted by atomic mass is 35.5. The molecule has 0 radical (unpaired) electrons. The summed E-state index contributed by atoms with van der Waals surface area (Å²) in [4.78, 5) is 18.1. The number of anilines is 1. The van der Waals surface area contributed by atoms with Crippen LogP contribution in [-0.2, 0) is 5.75 Å². The Labute approximate surface area is 160 Å². The fourth-order valence-electron chi connectivity index (χ4n) is 2.28. The maximum atomic E-state index is 12.7. The fourth-order valence-corrected chi connectivity index (χ4v) is 4.12. The van der Waals surface area contributed by atoms with Crippen LogP contribution in [0, 0.1) is 13.8 Å². The van der Waals surface area contributed by atoms with E-state index in [-0.39, 0.29) is 5.91 Å². The largest absolute Gasteiger partial charge is 0.322 e. The molecule has 128 valence electrons. The lowest BCUT2D eigenvalue weighted by molar-refractivity contribution is 0.102. The number of rotatable bonds is 5. The summed E-state index contributed by atoms with van der Waals surface area (Å²) in [6.45, 7) is 3.92. The third-order valence-electron chi connectivity index (χ3n) is 3.60. The lowest BCUT2D eigenvalue weighted by atomic mass is 10.2. The molecule has 3 rings (SSSR count). The molecule has 1 heterocycles. The van der Waals surface area contributed by atoms with E-state index in [1.54, 1.807) is 29.2 Å². The molecular weight excluding hydrogens is 372 g/mol. The van der Waals surface area contributed by atoms with Crippen molar-refractivity contribution in [2.45, 2.75) is 24.5 Å². The highest BCUT2D eigenvalue weighted by Gasteiger charge is 2.13. The molecule has 25 heavy (non-hydrogen) atoms. The Morgan fingerprint density at radius 2 is 2.04 bits per heavy atom. The van der Waals surface area contributed by atoms with Gasteiger partial charge in [0, 0.05) is 26.7 Å². The zero-order valence-corrected chi connectivity index (χ0v) is 16.3. The topological polar surface area (TPSA) is 42.0 Å². The average Bonchev–Trinajstić information content (AvgIpc) is 3.02. The first-order valence-corrected chi connectivity index (χ1v) is 9.97. The Morgan fingerprint density at radius 1 is 1.24 bits per heavy atom. The summed E-state index contributed by atoms with van der Waals surface area (Å²) in [5, 5.41) is 6.67. The molecule has 6 heteroatoms. The van der Waals surface area contributed by atoms with Crippen molar-refractivity contribution in [1.82, 2.24) is 4.98 Å². The molecule has 2 aromatic carbocycles. The molecule has 0 saturated carbocycles. The summed E-state index contributed by atoms with van der Waals surface area (Å²) in [5.41, 5.74) is 3.36. The maximum absolute atomic E-state index is 12.7. The van der Waals surface area contributed by atoms with E-state index in [0.717, 1.165) is 26.9 Å². The third kappa shape index (κ3) is 4.63. The van der Waals surface area contributed by atoms with Crippen LogP contribution in [0.4, 0.5) is 5.69 Å². The number of aryl methyl sites for hydroxylation is 2. The molecule has 0 unspecified atom stereocenters. The zero-order valence-electron chi connectivity index (χ0n) is 13.9. The number of nitrogens with one attached hydrogen (secondary N) is 1. The summed E-state index contributed by atoms with van der Waals surface area (Å²) in [6, 6.07) is 13.1. The van der Waals surface area contributed by atoms with Gasteiger partial charge in [-0.05, 0) is 43.7 Å². The molecule has 0 atom stereocenters. The van der Waals surface area contributed by atoms with Crippen LogP contribution in [0.2, 0.25) is 5.02 Å². The smallest absolute Gasteiger partial charge is 0.256 e. The molecule has 0 bridgehead atoms. The molecule has 0 aliphatic carbocycles. The summed E-state index contributed by atoms with van der Waals surface area (Å²) in [7, 11) is 0.